The Morgan fingerprint density at radius 2 is 2.00 bits per heavy atom. The zero-order chi connectivity index (χ0) is 19.2. The van der Waals surface area contributed by atoms with Crippen LogP contribution in [0.3, 0.4) is 0 Å². The van der Waals surface area contributed by atoms with Crippen LogP contribution in [0.4, 0.5) is 5.69 Å². The first-order chi connectivity index (χ1) is 13.1. The average Bonchev–Trinajstić information content (AvgIpc) is 3.11. The third kappa shape index (κ3) is 4.52. The predicted molar refractivity (Wildman–Crippen MR) is 104 cm³/mol. The number of hydrogen-bond acceptors (Lipinski definition) is 4. The number of para-hydroxylation sites is 2. The summed E-state index contributed by atoms with van der Waals surface area (Å²) in [6.07, 6.45) is 1.30. The van der Waals surface area contributed by atoms with Gasteiger partial charge >= 0.3 is 0 Å². The Morgan fingerprint density at radius 1 is 1.22 bits per heavy atom. The third-order valence-corrected chi connectivity index (χ3v) is 4.61. The first-order valence-corrected chi connectivity index (χ1v) is 9.12. The highest BCUT2D eigenvalue weighted by Crippen LogP contribution is 2.30. The summed E-state index contributed by atoms with van der Waals surface area (Å²) in [5.41, 5.74) is 1.03. The summed E-state index contributed by atoms with van der Waals surface area (Å²) in [7, 11) is 1.58. The molecule has 6 nitrogen and oxygen atoms in total. The van der Waals surface area contributed by atoms with Crippen molar-refractivity contribution >= 4 is 29.1 Å². The van der Waals surface area contributed by atoms with Crippen molar-refractivity contribution in [1.82, 2.24) is 5.32 Å². The van der Waals surface area contributed by atoms with Crippen LogP contribution >= 0.6 is 11.6 Å². The Labute approximate surface area is 163 Å². The number of hydrogen-bond donors (Lipinski definition) is 1. The SMILES string of the molecule is COc1ccccc1OCCNC(=O)c1ccc(Cl)c(N2CCCC2=O)c1. The molecular formula is C20H21ClN2O4. The minimum absolute atomic E-state index is 0.0275. The van der Waals surface area contributed by atoms with Crippen LogP contribution in [0.5, 0.6) is 11.5 Å². The number of nitrogens with zero attached hydrogens (tertiary/aromatic N) is 1. The van der Waals surface area contributed by atoms with Crippen LogP contribution in [-0.4, -0.2) is 38.6 Å². The lowest BCUT2D eigenvalue weighted by Gasteiger charge is -2.18. The van der Waals surface area contributed by atoms with Gasteiger partial charge in [-0.3, -0.25) is 9.59 Å². The number of carbonyl (C=O) groups excluding carboxylic acids is 2. The molecule has 0 radical (unpaired) electrons. The van der Waals surface area contributed by atoms with Gasteiger partial charge in [-0.25, -0.2) is 0 Å². The zero-order valence-electron chi connectivity index (χ0n) is 15.0. The molecule has 0 spiro atoms. The van der Waals surface area contributed by atoms with Gasteiger partial charge in [0.05, 0.1) is 24.4 Å². The lowest BCUT2D eigenvalue weighted by molar-refractivity contribution is -0.117. The average molecular weight is 389 g/mol. The molecule has 7 heteroatoms. The fourth-order valence-electron chi connectivity index (χ4n) is 2.93. The fraction of sp³-hybridized carbons (Fsp3) is 0.300. The van der Waals surface area contributed by atoms with E-state index >= 15 is 0 Å². The van der Waals surface area contributed by atoms with Gasteiger partial charge in [0.1, 0.15) is 6.61 Å². The molecule has 0 saturated carbocycles. The number of methoxy groups -OCH3 is 1. The predicted octanol–water partition coefficient (Wildman–Crippen LogP) is 3.28. The van der Waals surface area contributed by atoms with E-state index in [1.807, 2.05) is 18.2 Å². The van der Waals surface area contributed by atoms with E-state index < -0.39 is 0 Å². The van der Waals surface area contributed by atoms with Crippen molar-refractivity contribution < 1.29 is 19.1 Å². The molecule has 0 unspecified atom stereocenters. The highest BCUT2D eigenvalue weighted by atomic mass is 35.5. The summed E-state index contributed by atoms with van der Waals surface area (Å²) in [6.45, 7) is 1.25. The second-order valence-corrected chi connectivity index (χ2v) is 6.48. The first-order valence-electron chi connectivity index (χ1n) is 8.74. The molecule has 0 aliphatic carbocycles. The van der Waals surface area contributed by atoms with E-state index in [0.29, 0.717) is 53.9 Å². The summed E-state index contributed by atoms with van der Waals surface area (Å²) < 4.78 is 10.9. The van der Waals surface area contributed by atoms with Gasteiger partial charge in [-0.2, -0.15) is 0 Å². The van der Waals surface area contributed by atoms with Crippen LogP contribution in [0.25, 0.3) is 0 Å². The van der Waals surface area contributed by atoms with Gasteiger partial charge in [0.2, 0.25) is 5.91 Å². The van der Waals surface area contributed by atoms with E-state index in [0.717, 1.165) is 6.42 Å². The van der Waals surface area contributed by atoms with Gasteiger partial charge in [0, 0.05) is 18.5 Å². The molecule has 0 aromatic heterocycles. The van der Waals surface area contributed by atoms with E-state index in [1.54, 1.807) is 36.3 Å². The van der Waals surface area contributed by atoms with Crippen molar-refractivity contribution in [2.45, 2.75) is 12.8 Å². The number of nitrogens with one attached hydrogen (secondary N) is 1. The number of halogens is 1. The molecule has 1 fully saturated rings. The van der Waals surface area contributed by atoms with Gasteiger partial charge in [0.15, 0.2) is 11.5 Å². The topological polar surface area (TPSA) is 67.9 Å². The maximum Gasteiger partial charge on any atom is 0.251 e. The Kier molecular flexibility index (Phi) is 6.19. The molecule has 0 bridgehead atoms. The van der Waals surface area contributed by atoms with Crippen molar-refractivity contribution in [2.24, 2.45) is 0 Å². The van der Waals surface area contributed by atoms with E-state index in [2.05, 4.69) is 5.32 Å². The molecule has 1 N–H and O–H groups in total. The zero-order valence-corrected chi connectivity index (χ0v) is 15.8. The number of ether oxygens (including phenoxy) is 2. The lowest BCUT2D eigenvalue weighted by atomic mass is 10.1. The smallest absolute Gasteiger partial charge is 0.251 e. The van der Waals surface area contributed by atoms with Crippen molar-refractivity contribution in [3.05, 3.63) is 53.1 Å². The number of benzene rings is 2. The quantitative estimate of drug-likeness (QED) is 0.739. The number of amides is 2. The Morgan fingerprint density at radius 3 is 2.70 bits per heavy atom. The first kappa shape index (κ1) is 19.0. The van der Waals surface area contributed by atoms with Gasteiger partial charge in [-0.05, 0) is 36.8 Å². The number of carbonyl (C=O) groups is 2. The van der Waals surface area contributed by atoms with Crippen LogP contribution < -0.4 is 19.7 Å². The van der Waals surface area contributed by atoms with Gasteiger partial charge < -0.3 is 19.7 Å². The largest absolute Gasteiger partial charge is 0.493 e. The van der Waals surface area contributed by atoms with Crippen LogP contribution in [-0.2, 0) is 4.79 Å². The lowest BCUT2D eigenvalue weighted by Crippen LogP contribution is -2.29. The third-order valence-electron chi connectivity index (χ3n) is 4.29. The second kappa shape index (κ2) is 8.77. The maximum absolute atomic E-state index is 12.4. The molecule has 142 valence electrons. The fourth-order valence-corrected chi connectivity index (χ4v) is 3.15. The Hall–Kier alpha value is -2.73. The molecule has 2 amide bonds. The standard InChI is InChI=1S/C20H21ClN2O4/c1-26-17-5-2-3-6-18(17)27-12-10-22-20(25)14-8-9-15(21)16(13-14)23-11-4-7-19(23)24/h2-3,5-6,8-9,13H,4,7,10-12H2,1H3,(H,22,25). The van der Waals surface area contributed by atoms with Gasteiger partial charge in [0.25, 0.3) is 5.91 Å². The monoisotopic (exact) mass is 388 g/mol. The number of rotatable bonds is 7. The summed E-state index contributed by atoms with van der Waals surface area (Å²) in [5, 5.41) is 3.26. The summed E-state index contributed by atoms with van der Waals surface area (Å²) in [4.78, 5) is 26.0. The van der Waals surface area contributed by atoms with Crippen LogP contribution in [0.2, 0.25) is 5.02 Å². The van der Waals surface area contributed by atoms with Crippen LogP contribution in [0.15, 0.2) is 42.5 Å². The van der Waals surface area contributed by atoms with Crippen LogP contribution in [0, 0.1) is 0 Å². The maximum atomic E-state index is 12.4. The van der Waals surface area contributed by atoms with Crippen molar-refractivity contribution in [3.63, 3.8) is 0 Å². The molecule has 3 rings (SSSR count). The highest BCUT2D eigenvalue weighted by Gasteiger charge is 2.24. The summed E-state index contributed by atoms with van der Waals surface area (Å²) in [5.74, 6) is 1.04. The molecule has 0 atom stereocenters. The second-order valence-electron chi connectivity index (χ2n) is 6.07. The summed E-state index contributed by atoms with van der Waals surface area (Å²) >= 11 is 6.21. The molecular weight excluding hydrogens is 368 g/mol. The highest BCUT2D eigenvalue weighted by molar-refractivity contribution is 6.34. The number of anilines is 1. The Bertz CT molecular complexity index is 840. The van der Waals surface area contributed by atoms with E-state index in [1.165, 1.54) is 0 Å². The minimum Gasteiger partial charge on any atom is -0.493 e. The van der Waals surface area contributed by atoms with E-state index in [9.17, 15) is 9.59 Å². The minimum atomic E-state index is -0.247. The van der Waals surface area contributed by atoms with Gasteiger partial charge in [-0.15, -0.1) is 0 Å². The molecule has 2 aromatic rings. The normalized spacial score (nSPS) is 13.6. The molecule has 27 heavy (non-hydrogen) atoms. The summed E-state index contributed by atoms with van der Waals surface area (Å²) in [6, 6.07) is 12.3. The Balaban J connectivity index is 1.57. The van der Waals surface area contributed by atoms with Gasteiger partial charge in [-0.1, -0.05) is 23.7 Å². The van der Waals surface area contributed by atoms with Crippen molar-refractivity contribution in [3.8, 4) is 11.5 Å². The van der Waals surface area contributed by atoms with Crippen molar-refractivity contribution in [1.29, 1.82) is 0 Å². The molecule has 1 heterocycles. The van der Waals surface area contributed by atoms with E-state index in [-0.39, 0.29) is 11.8 Å². The van der Waals surface area contributed by atoms with Crippen molar-refractivity contribution in [2.75, 3.05) is 31.7 Å². The molecule has 2 aromatic carbocycles. The molecule has 1 aliphatic rings. The van der Waals surface area contributed by atoms with E-state index in [4.69, 9.17) is 21.1 Å². The molecule has 1 saturated heterocycles. The van der Waals surface area contributed by atoms with Crippen LogP contribution in [0.1, 0.15) is 23.2 Å². The molecule has 1 aliphatic heterocycles.